The van der Waals surface area contributed by atoms with Gasteiger partial charge in [0.15, 0.2) is 0 Å². The smallest absolute Gasteiger partial charge is 0.246 e. The van der Waals surface area contributed by atoms with E-state index >= 15 is 0 Å². The minimum absolute atomic E-state index is 0.0148. The van der Waals surface area contributed by atoms with Crippen LogP contribution in [-0.2, 0) is 19.6 Å². The number of carbonyl (C=O) groups is 2. The van der Waals surface area contributed by atoms with Crippen molar-refractivity contribution in [1.29, 1.82) is 0 Å². The Hall–Kier alpha value is -2.13. The molecule has 1 aromatic carbocycles. The van der Waals surface area contributed by atoms with Gasteiger partial charge in [-0.1, -0.05) is 20.8 Å². The number of benzene rings is 1. The third-order valence-corrected chi connectivity index (χ3v) is 7.02. The molecule has 1 aliphatic rings. The number of carbonyl (C=O) groups excluding carboxylic acids is 2. The first-order valence-corrected chi connectivity index (χ1v) is 11.5. The zero-order valence-electron chi connectivity index (χ0n) is 17.5. The van der Waals surface area contributed by atoms with Gasteiger partial charge >= 0.3 is 0 Å². The maximum atomic E-state index is 13.0. The highest BCUT2D eigenvalue weighted by atomic mass is 32.2. The SMILES string of the molecule is CCOc1ccc(NC(=O)CCNC(=O)C2CC2C)cc1S(=O)(=O)N(CC)CC. The van der Waals surface area contributed by atoms with Crippen molar-refractivity contribution in [1.82, 2.24) is 9.62 Å². The van der Waals surface area contributed by atoms with Crippen LogP contribution in [0.15, 0.2) is 23.1 Å². The van der Waals surface area contributed by atoms with Crippen molar-refractivity contribution >= 4 is 27.5 Å². The summed E-state index contributed by atoms with van der Waals surface area (Å²) in [6, 6.07) is 4.57. The van der Waals surface area contributed by atoms with Gasteiger partial charge in [-0.25, -0.2) is 8.42 Å². The largest absolute Gasteiger partial charge is 0.492 e. The average Bonchev–Trinajstić information content (AvgIpc) is 3.40. The van der Waals surface area contributed by atoms with Gasteiger partial charge in [-0.2, -0.15) is 4.31 Å². The zero-order chi connectivity index (χ0) is 21.6. The maximum Gasteiger partial charge on any atom is 0.246 e. The van der Waals surface area contributed by atoms with E-state index in [1.54, 1.807) is 32.9 Å². The first-order valence-electron chi connectivity index (χ1n) is 10.1. The lowest BCUT2D eigenvalue weighted by molar-refractivity contribution is -0.122. The van der Waals surface area contributed by atoms with Crippen molar-refractivity contribution in [2.45, 2.75) is 45.4 Å². The highest BCUT2D eigenvalue weighted by molar-refractivity contribution is 7.89. The van der Waals surface area contributed by atoms with Crippen molar-refractivity contribution in [2.24, 2.45) is 11.8 Å². The van der Waals surface area contributed by atoms with Crippen LogP contribution in [0.2, 0.25) is 0 Å². The Kier molecular flexibility index (Phi) is 8.04. The molecule has 162 valence electrons. The van der Waals surface area contributed by atoms with E-state index in [1.165, 1.54) is 10.4 Å². The molecule has 0 saturated heterocycles. The summed E-state index contributed by atoms with van der Waals surface area (Å²) < 4.78 is 32.7. The van der Waals surface area contributed by atoms with E-state index in [2.05, 4.69) is 10.6 Å². The highest BCUT2D eigenvalue weighted by Gasteiger charge is 2.38. The standard InChI is InChI=1S/C20H31N3O5S/c1-5-23(6-2)29(26,27)18-13-15(8-9-17(18)28-7-3)22-19(24)10-11-21-20(25)16-12-14(16)4/h8-9,13-14,16H,5-7,10-12H2,1-4H3,(H,21,25)(H,22,24). The zero-order valence-corrected chi connectivity index (χ0v) is 18.3. The summed E-state index contributed by atoms with van der Waals surface area (Å²) in [5.41, 5.74) is 0.367. The van der Waals surface area contributed by atoms with Crippen LogP contribution in [0.25, 0.3) is 0 Å². The first-order chi connectivity index (χ1) is 13.7. The van der Waals surface area contributed by atoms with Crippen molar-refractivity contribution in [3.05, 3.63) is 18.2 Å². The third kappa shape index (κ3) is 5.93. The van der Waals surface area contributed by atoms with E-state index in [0.29, 0.717) is 31.3 Å². The molecular formula is C20H31N3O5S. The number of sulfonamides is 1. The molecule has 0 spiro atoms. The van der Waals surface area contributed by atoms with Crippen LogP contribution in [-0.4, -0.2) is 50.8 Å². The topological polar surface area (TPSA) is 105 Å². The van der Waals surface area contributed by atoms with Gasteiger partial charge in [0.25, 0.3) is 0 Å². The van der Waals surface area contributed by atoms with Gasteiger partial charge < -0.3 is 15.4 Å². The Balaban J connectivity index is 2.07. The van der Waals surface area contributed by atoms with Crippen molar-refractivity contribution < 1.29 is 22.7 Å². The predicted molar refractivity (Wildman–Crippen MR) is 111 cm³/mol. The normalized spacial score (nSPS) is 18.4. The quantitative estimate of drug-likeness (QED) is 0.566. The summed E-state index contributed by atoms with van der Waals surface area (Å²) >= 11 is 0. The number of nitrogens with one attached hydrogen (secondary N) is 2. The molecule has 2 N–H and O–H groups in total. The van der Waals surface area contributed by atoms with Crippen molar-refractivity contribution in [3.63, 3.8) is 0 Å². The second kappa shape index (κ2) is 10.1. The molecule has 8 nitrogen and oxygen atoms in total. The van der Waals surface area contributed by atoms with Crippen LogP contribution >= 0.6 is 0 Å². The first kappa shape index (κ1) is 23.2. The van der Waals surface area contributed by atoms with Crippen LogP contribution in [0, 0.1) is 11.8 Å². The number of nitrogens with zero attached hydrogens (tertiary/aromatic N) is 1. The fraction of sp³-hybridized carbons (Fsp3) is 0.600. The Morgan fingerprint density at radius 1 is 1.21 bits per heavy atom. The molecule has 0 radical (unpaired) electrons. The minimum atomic E-state index is -3.75. The Morgan fingerprint density at radius 3 is 2.41 bits per heavy atom. The van der Waals surface area contributed by atoms with Gasteiger partial charge in [-0.05, 0) is 37.5 Å². The second-order valence-corrected chi connectivity index (χ2v) is 9.00. The highest BCUT2D eigenvalue weighted by Crippen LogP contribution is 2.37. The van der Waals surface area contributed by atoms with Gasteiger partial charge in [-0.3, -0.25) is 9.59 Å². The van der Waals surface area contributed by atoms with Crippen LogP contribution in [0.5, 0.6) is 5.75 Å². The Morgan fingerprint density at radius 2 is 1.86 bits per heavy atom. The summed E-state index contributed by atoms with van der Waals surface area (Å²) in [6.07, 6.45) is 1.01. The van der Waals surface area contributed by atoms with Gasteiger partial charge in [0.1, 0.15) is 10.6 Å². The molecule has 9 heteroatoms. The Labute approximate surface area is 173 Å². The van der Waals surface area contributed by atoms with Gasteiger partial charge in [0.2, 0.25) is 21.8 Å². The lowest BCUT2D eigenvalue weighted by Crippen LogP contribution is -2.31. The van der Waals surface area contributed by atoms with Gasteiger partial charge in [0.05, 0.1) is 6.61 Å². The monoisotopic (exact) mass is 425 g/mol. The molecule has 1 aromatic rings. The molecule has 2 atom stereocenters. The molecule has 2 rings (SSSR count). The summed E-state index contributed by atoms with van der Waals surface area (Å²) in [5.74, 6) is 0.419. The molecule has 2 unspecified atom stereocenters. The number of ether oxygens (including phenoxy) is 1. The molecule has 1 aliphatic carbocycles. The summed E-state index contributed by atoms with van der Waals surface area (Å²) in [5, 5.41) is 5.46. The number of rotatable bonds is 11. The fourth-order valence-electron chi connectivity index (χ4n) is 3.11. The van der Waals surface area contributed by atoms with E-state index in [0.717, 1.165) is 6.42 Å². The molecule has 0 aliphatic heterocycles. The molecule has 0 bridgehead atoms. The van der Waals surface area contributed by atoms with Gasteiger partial charge in [-0.15, -0.1) is 0 Å². The van der Waals surface area contributed by atoms with Crippen LogP contribution < -0.4 is 15.4 Å². The summed E-state index contributed by atoms with van der Waals surface area (Å²) in [4.78, 5) is 24.0. The van der Waals surface area contributed by atoms with E-state index in [4.69, 9.17) is 4.74 Å². The van der Waals surface area contributed by atoms with Crippen LogP contribution in [0.1, 0.15) is 40.5 Å². The predicted octanol–water partition coefficient (Wildman–Crippen LogP) is 2.22. The molecule has 1 fully saturated rings. The summed E-state index contributed by atoms with van der Waals surface area (Å²) in [7, 11) is -3.75. The molecule has 1 saturated carbocycles. The van der Waals surface area contributed by atoms with Crippen molar-refractivity contribution in [2.75, 3.05) is 31.6 Å². The Bertz CT molecular complexity index is 837. The van der Waals surface area contributed by atoms with Crippen LogP contribution in [0.3, 0.4) is 0 Å². The van der Waals surface area contributed by atoms with E-state index in [9.17, 15) is 18.0 Å². The van der Waals surface area contributed by atoms with E-state index in [-0.39, 0.29) is 41.3 Å². The number of hydrogen-bond acceptors (Lipinski definition) is 5. The third-order valence-electron chi connectivity index (χ3n) is 4.95. The molecule has 29 heavy (non-hydrogen) atoms. The van der Waals surface area contributed by atoms with Gasteiger partial charge in [0, 0.05) is 37.7 Å². The van der Waals surface area contributed by atoms with E-state index < -0.39 is 10.0 Å². The lowest BCUT2D eigenvalue weighted by atomic mass is 10.2. The maximum absolute atomic E-state index is 13.0. The number of amides is 2. The average molecular weight is 426 g/mol. The number of hydrogen-bond donors (Lipinski definition) is 2. The van der Waals surface area contributed by atoms with Crippen molar-refractivity contribution in [3.8, 4) is 5.75 Å². The second-order valence-electron chi connectivity index (χ2n) is 7.09. The minimum Gasteiger partial charge on any atom is -0.492 e. The van der Waals surface area contributed by atoms with E-state index in [1.807, 2.05) is 6.92 Å². The molecule has 2 amide bonds. The lowest BCUT2D eigenvalue weighted by Gasteiger charge is -2.21. The molecule has 0 aromatic heterocycles. The van der Waals surface area contributed by atoms with Crippen LogP contribution in [0.4, 0.5) is 5.69 Å². The molecule has 0 heterocycles. The fourth-order valence-corrected chi connectivity index (χ4v) is 4.72. The summed E-state index contributed by atoms with van der Waals surface area (Å²) in [6.45, 7) is 8.57. The number of anilines is 1. The molecular weight excluding hydrogens is 394 g/mol.